The molecule has 2 unspecified atom stereocenters. The molecule has 1 fully saturated rings. The summed E-state index contributed by atoms with van der Waals surface area (Å²) >= 11 is 1.92. The van der Waals surface area contributed by atoms with Crippen molar-refractivity contribution in [3.05, 3.63) is 29.6 Å². The molecule has 1 aromatic rings. The number of benzene rings is 1. The molecule has 23 heavy (non-hydrogen) atoms. The molecule has 2 atom stereocenters. The van der Waals surface area contributed by atoms with Gasteiger partial charge in [-0.3, -0.25) is 9.59 Å². The molecule has 0 heterocycles. The van der Waals surface area contributed by atoms with Crippen molar-refractivity contribution in [1.29, 1.82) is 0 Å². The molecule has 0 spiro atoms. The quantitative estimate of drug-likeness (QED) is 0.893. The second kappa shape index (κ2) is 7.81. The molecule has 1 aliphatic carbocycles. The average Bonchev–Trinajstić information content (AvgIpc) is 2.96. The van der Waals surface area contributed by atoms with E-state index in [0.29, 0.717) is 10.9 Å². The van der Waals surface area contributed by atoms with E-state index in [0.717, 1.165) is 25.0 Å². The highest BCUT2D eigenvalue weighted by molar-refractivity contribution is 7.99. The summed E-state index contributed by atoms with van der Waals surface area (Å²) in [4.78, 5) is 25.4. The summed E-state index contributed by atoms with van der Waals surface area (Å²) in [5.74, 6) is -0.0727. The van der Waals surface area contributed by atoms with Crippen LogP contribution in [0, 0.1) is 5.82 Å². The van der Waals surface area contributed by atoms with Gasteiger partial charge in [0.05, 0.1) is 5.56 Å². The van der Waals surface area contributed by atoms with Crippen molar-refractivity contribution in [3.63, 3.8) is 0 Å². The van der Waals surface area contributed by atoms with Crippen molar-refractivity contribution in [2.45, 2.75) is 44.4 Å². The van der Waals surface area contributed by atoms with Crippen LogP contribution in [-0.2, 0) is 4.79 Å². The summed E-state index contributed by atoms with van der Waals surface area (Å²) in [5.41, 5.74) is 0.437. The first-order valence-electron chi connectivity index (χ1n) is 7.88. The van der Waals surface area contributed by atoms with Crippen LogP contribution in [0.5, 0.6) is 0 Å². The topological polar surface area (TPSA) is 49.4 Å². The normalized spacial score (nSPS) is 20.3. The van der Waals surface area contributed by atoms with Gasteiger partial charge in [0.1, 0.15) is 5.82 Å². The molecular formula is C17H23FN2O2S. The Morgan fingerprint density at radius 3 is 2.78 bits per heavy atom. The Morgan fingerprint density at radius 2 is 2.13 bits per heavy atom. The van der Waals surface area contributed by atoms with Gasteiger partial charge in [-0.2, -0.15) is 11.8 Å². The Bertz CT molecular complexity index is 594. The summed E-state index contributed by atoms with van der Waals surface area (Å²) in [6, 6.07) is 4.23. The highest BCUT2D eigenvalue weighted by atomic mass is 32.2. The molecule has 1 aromatic carbocycles. The van der Waals surface area contributed by atoms with Gasteiger partial charge in [-0.15, -0.1) is 0 Å². The van der Waals surface area contributed by atoms with Gasteiger partial charge in [-0.05, 0) is 43.2 Å². The van der Waals surface area contributed by atoms with E-state index in [2.05, 4.69) is 12.2 Å². The fraction of sp³-hybridized carbons (Fsp3) is 0.529. The number of amides is 2. The molecule has 126 valence electrons. The van der Waals surface area contributed by atoms with Crippen LogP contribution >= 0.6 is 11.8 Å². The van der Waals surface area contributed by atoms with Crippen LogP contribution in [0.15, 0.2) is 18.2 Å². The van der Waals surface area contributed by atoms with E-state index in [1.165, 1.54) is 25.1 Å². The lowest BCUT2D eigenvalue weighted by atomic mass is 10.1. The van der Waals surface area contributed by atoms with Crippen LogP contribution in [0.2, 0.25) is 0 Å². The second-order valence-corrected chi connectivity index (χ2v) is 7.41. The maximum atomic E-state index is 14.0. The zero-order valence-electron chi connectivity index (χ0n) is 13.8. The average molecular weight is 338 g/mol. The van der Waals surface area contributed by atoms with Gasteiger partial charge >= 0.3 is 0 Å². The summed E-state index contributed by atoms with van der Waals surface area (Å²) in [6.07, 6.45) is 3.00. The van der Waals surface area contributed by atoms with E-state index in [-0.39, 0.29) is 23.4 Å². The Hall–Kier alpha value is -1.56. The molecular weight excluding hydrogens is 315 g/mol. The van der Waals surface area contributed by atoms with Gasteiger partial charge in [0.2, 0.25) is 5.91 Å². The molecule has 1 N–H and O–H groups in total. The molecule has 2 rings (SSSR count). The minimum Gasteiger partial charge on any atom is -0.339 e. The summed E-state index contributed by atoms with van der Waals surface area (Å²) in [7, 11) is 1.73. The molecule has 6 heteroatoms. The Kier molecular flexibility index (Phi) is 6.04. The van der Waals surface area contributed by atoms with Gasteiger partial charge in [0.15, 0.2) is 0 Å². The van der Waals surface area contributed by atoms with Crippen molar-refractivity contribution in [2.24, 2.45) is 0 Å². The number of carbonyl (C=O) groups is 2. The minimum absolute atomic E-state index is 0.00495. The molecule has 0 bridgehead atoms. The number of rotatable bonds is 5. The van der Waals surface area contributed by atoms with Crippen molar-refractivity contribution < 1.29 is 14.0 Å². The number of nitrogens with zero attached hydrogens (tertiary/aromatic N) is 1. The van der Waals surface area contributed by atoms with Gasteiger partial charge in [0.25, 0.3) is 5.91 Å². The van der Waals surface area contributed by atoms with Crippen LogP contribution in [-0.4, -0.2) is 40.8 Å². The van der Waals surface area contributed by atoms with Gasteiger partial charge in [0, 0.05) is 31.0 Å². The Morgan fingerprint density at radius 1 is 1.39 bits per heavy atom. The van der Waals surface area contributed by atoms with E-state index >= 15 is 0 Å². The number of hydrogen-bond donors (Lipinski definition) is 1. The summed E-state index contributed by atoms with van der Waals surface area (Å²) in [6.45, 7) is 3.51. The highest BCUT2D eigenvalue weighted by Gasteiger charge is 2.31. The Labute approximate surface area is 140 Å². The Balaban J connectivity index is 2.11. The van der Waals surface area contributed by atoms with Gasteiger partial charge < -0.3 is 10.2 Å². The number of halogens is 1. The smallest absolute Gasteiger partial charge is 0.256 e. The molecule has 2 amide bonds. The van der Waals surface area contributed by atoms with E-state index in [1.807, 2.05) is 11.8 Å². The minimum atomic E-state index is -0.562. The van der Waals surface area contributed by atoms with Crippen LogP contribution in [0.1, 0.15) is 43.5 Å². The number of nitrogens with one attached hydrogen (secondary N) is 1. The van der Waals surface area contributed by atoms with Crippen molar-refractivity contribution >= 4 is 29.3 Å². The zero-order chi connectivity index (χ0) is 17.0. The fourth-order valence-corrected chi connectivity index (χ4v) is 4.11. The third-order valence-corrected chi connectivity index (χ3v) is 5.38. The van der Waals surface area contributed by atoms with Gasteiger partial charge in [-0.25, -0.2) is 4.39 Å². The van der Waals surface area contributed by atoms with E-state index in [4.69, 9.17) is 0 Å². The van der Waals surface area contributed by atoms with Crippen LogP contribution in [0.4, 0.5) is 10.1 Å². The number of anilines is 1. The molecule has 1 saturated carbocycles. The molecule has 1 aliphatic rings. The third-order valence-electron chi connectivity index (χ3n) is 4.14. The number of thioether (sulfide) groups is 1. The van der Waals surface area contributed by atoms with E-state index < -0.39 is 5.82 Å². The first-order chi connectivity index (χ1) is 10.9. The fourth-order valence-electron chi connectivity index (χ4n) is 2.98. The van der Waals surface area contributed by atoms with Crippen molar-refractivity contribution in [1.82, 2.24) is 4.90 Å². The lowest BCUT2D eigenvalue weighted by molar-refractivity contribution is -0.114. The first-order valence-corrected chi connectivity index (χ1v) is 8.93. The first kappa shape index (κ1) is 17.8. The van der Waals surface area contributed by atoms with Crippen molar-refractivity contribution in [3.8, 4) is 0 Å². The lowest BCUT2D eigenvalue weighted by Gasteiger charge is -2.25. The third kappa shape index (κ3) is 4.47. The zero-order valence-corrected chi connectivity index (χ0v) is 14.6. The standard InChI is InChI=1S/C17H23FN2O2S/c1-4-23-14-7-6-13(10-14)20(3)17(22)15-9-12(19-11(2)21)5-8-16(15)18/h5,8-9,13-14H,4,6-7,10H2,1-3H3,(H,19,21). The maximum absolute atomic E-state index is 14.0. The molecule has 0 aliphatic heterocycles. The van der Waals surface area contributed by atoms with Crippen LogP contribution in [0.25, 0.3) is 0 Å². The molecule has 4 nitrogen and oxygen atoms in total. The largest absolute Gasteiger partial charge is 0.339 e. The molecule has 0 radical (unpaired) electrons. The lowest BCUT2D eigenvalue weighted by Crippen LogP contribution is -2.36. The SMILES string of the molecule is CCSC1CCC(N(C)C(=O)c2cc(NC(C)=O)ccc2F)C1. The highest BCUT2D eigenvalue weighted by Crippen LogP contribution is 2.33. The second-order valence-electron chi connectivity index (χ2n) is 5.84. The monoisotopic (exact) mass is 338 g/mol. The summed E-state index contributed by atoms with van der Waals surface area (Å²) < 4.78 is 14.0. The molecule has 0 saturated heterocycles. The number of carbonyl (C=O) groups excluding carboxylic acids is 2. The van der Waals surface area contributed by atoms with Crippen LogP contribution in [0.3, 0.4) is 0 Å². The summed E-state index contributed by atoms with van der Waals surface area (Å²) in [5, 5.41) is 3.16. The predicted octanol–water partition coefficient (Wildman–Crippen LogP) is 3.53. The van der Waals surface area contributed by atoms with Gasteiger partial charge in [-0.1, -0.05) is 6.92 Å². The molecule has 0 aromatic heterocycles. The maximum Gasteiger partial charge on any atom is 0.256 e. The van der Waals surface area contributed by atoms with E-state index in [9.17, 15) is 14.0 Å². The van der Waals surface area contributed by atoms with Crippen LogP contribution < -0.4 is 5.32 Å². The van der Waals surface area contributed by atoms with Crippen molar-refractivity contribution in [2.75, 3.05) is 18.1 Å². The van der Waals surface area contributed by atoms with E-state index in [1.54, 1.807) is 11.9 Å². The predicted molar refractivity (Wildman–Crippen MR) is 92.4 cm³/mol. The number of hydrogen-bond acceptors (Lipinski definition) is 3.